The number of aliphatic hydroxyl groups is 1. The molecule has 190 valence electrons. The Labute approximate surface area is 203 Å². The van der Waals surface area contributed by atoms with Crippen molar-refractivity contribution >= 4 is 0 Å². The third kappa shape index (κ3) is 4.02. The summed E-state index contributed by atoms with van der Waals surface area (Å²) in [6.45, 7) is 9.42. The molecule has 0 unspecified atom stereocenters. The second kappa shape index (κ2) is 8.21. The van der Waals surface area contributed by atoms with Crippen LogP contribution in [0.2, 0.25) is 0 Å². The van der Waals surface area contributed by atoms with E-state index in [2.05, 4.69) is 25.8 Å². The molecule has 1 heterocycles. The first-order chi connectivity index (χ1) is 15.8. The number of alkyl halides is 3. The van der Waals surface area contributed by atoms with Gasteiger partial charge >= 0.3 is 6.18 Å². The van der Waals surface area contributed by atoms with Gasteiger partial charge in [-0.1, -0.05) is 26.8 Å². The van der Waals surface area contributed by atoms with E-state index in [-0.39, 0.29) is 0 Å². The van der Waals surface area contributed by atoms with Crippen LogP contribution in [0.3, 0.4) is 0 Å². The minimum atomic E-state index is -4.38. The van der Waals surface area contributed by atoms with Gasteiger partial charge in [0.25, 0.3) is 0 Å². The van der Waals surface area contributed by atoms with Gasteiger partial charge in [-0.3, -0.25) is 4.98 Å². The predicted octanol–water partition coefficient (Wildman–Crippen LogP) is 7.69. The molecule has 0 aliphatic heterocycles. The van der Waals surface area contributed by atoms with E-state index in [4.69, 9.17) is 0 Å². The van der Waals surface area contributed by atoms with Gasteiger partial charge in [-0.25, -0.2) is 0 Å². The summed E-state index contributed by atoms with van der Waals surface area (Å²) >= 11 is 0. The zero-order valence-electron chi connectivity index (χ0n) is 21.3. The van der Waals surface area contributed by atoms with Crippen molar-refractivity contribution in [1.82, 2.24) is 4.98 Å². The molecule has 9 atom stereocenters. The number of fused-ring (bicyclic) bond motifs is 5. The highest BCUT2D eigenvalue weighted by Gasteiger charge is 2.61. The lowest BCUT2D eigenvalue weighted by atomic mass is 9.43. The number of pyridine rings is 1. The quantitative estimate of drug-likeness (QED) is 0.484. The second-order valence-corrected chi connectivity index (χ2v) is 13.3. The minimum Gasteiger partial charge on any atom is -0.390 e. The number of nitrogens with zero attached hydrogens (tertiary/aromatic N) is 1. The normalized spacial score (nSPS) is 45.2. The molecular formula is C29H42F3NO. The van der Waals surface area contributed by atoms with E-state index in [0.29, 0.717) is 28.6 Å². The van der Waals surface area contributed by atoms with Crippen LogP contribution in [-0.2, 0) is 12.6 Å². The molecule has 5 heteroatoms. The van der Waals surface area contributed by atoms with Crippen molar-refractivity contribution < 1.29 is 18.3 Å². The smallest absolute Gasteiger partial charge is 0.390 e. The van der Waals surface area contributed by atoms with Gasteiger partial charge in [-0.05, 0) is 129 Å². The van der Waals surface area contributed by atoms with Gasteiger partial charge in [-0.15, -0.1) is 0 Å². The molecule has 0 radical (unpaired) electrons. The van der Waals surface area contributed by atoms with Crippen molar-refractivity contribution in [1.29, 1.82) is 0 Å². The van der Waals surface area contributed by atoms with Gasteiger partial charge in [0.2, 0.25) is 0 Å². The van der Waals surface area contributed by atoms with Gasteiger partial charge in [0.05, 0.1) is 5.60 Å². The van der Waals surface area contributed by atoms with E-state index >= 15 is 0 Å². The van der Waals surface area contributed by atoms with E-state index in [1.807, 2.05) is 6.92 Å². The molecular weight excluding hydrogens is 435 g/mol. The Bertz CT molecular complexity index is 896. The molecule has 4 aliphatic rings. The molecule has 4 fully saturated rings. The molecule has 0 saturated heterocycles. The third-order valence-corrected chi connectivity index (χ3v) is 11.4. The van der Waals surface area contributed by atoms with Gasteiger partial charge in [0, 0.05) is 6.20 Å². The summed E-state index contributed by atoms with van der Waals surface area (Å²) in [6, 6.07) is 2.76. The van der Waals surface area contributed by atoms with E-state index in [1.165, 1.54) is 44.7 Å². The number of halogens is 3. The van der Waals surface area contributed by atoms with Crippen molar-refractivity contribution in [2.24, 2.45) is 46.3 Å². The molecule has 4 aliphatic carbocycles. The average Bonchev–Trinajstić information content (AvgIpc) is 3.11. The maximum absolute atomic E-state index is 12.9. The Morgan fingerprint density at radius 2 is 1.71 bits per heavy atom. The largest absolute Gasteiger partial charge is 0.433 e. The van der Waals surface area contributed by atoms with Gasteiger partial charge < -0.3 is 5.11 Å². The van der Waals surface area contributed by atoms with Gasteiger partial charge in [0.1, 0.15) is 5.69 Å². The van der Waals surface area contributed by atoms with Crippen LogP contribution in [0.25, 0.3) is 0 Å². The Balaban J connectivity index is 1.30. The van der Waals surface area contributed by atoms with E-state index < -0.39 is 17.5 Å². The highest BCUT2D eigenvalue weighted by atomic mass is 19.4. The highest BCUT2D eigenvalue weighted by Crippen LogP contribution is 2.68. The van der Waals surface area contributed by atoms with Gasteiger partial charge in [0.15, 0.2) is 0 Å². The fourth-order valence-electron chi connectivity index (χ4n) is 9.63. The molecule has 0 aromatic carbocycles. The van der Waals surface area contributed by atoms with E-state index in [9.17, 15) is 18.3 Å². The van der Waals surface area contributed by atoms with Crippen LogP contribution in [0.4, 0.5) is 13.2 Å². The lowest BCUT2D eigenvalue weighted by Gasteiger charge is -2.62. The molecule has 5 rings (SSSR count). The number of aromatic nitrogens is 1. The Hall–Kier alpha value is -1.10. The van der Waals surface area contributed by atoms with Crippen molar-refractivity contribution in [3.05, 3.63) is 29.6 Å². The second-order valence-electron chi connectivity index (χ2n) is 13.3. The molecule has 1 N–H and O–H groups in total. The number of rotatable bonds is 3. The van der Waals surface area contributed by atoms with Gasteiger partial charge in [-0.2, -0.15) is 13.2 Å². The summed E-state index contributed by atoms with van der Waals surface area (Å²) in [5, 5.41) is 10.7. The zero-order chi connectivity index (χ0) is 24.5. The summed E-state index contributed by atoms with van der Waals surface area (Å²) in [6.07, 6.45) is 8.63. The van der Waals surface area contributed by atoms with Crippen molar-refractivity contribution in [3.63, 3.8) is 0 Å². The summed E-state index contributed by atoms with van der Waals surface area (Å²) in [7, 11) is 0. The van der Waals surface area contributed by atoms with Crippen molar-refractivity contribution in [2.75, 3.05) is 0 Å². The molecule has 1 aromatic rings. The number of hydrogen-bond acceptors (Lipinski definition) is 2. The first-order valence-corrected chi connectivity index (χ1v) is 13.6. The summed E-state index contributed by atoms with van der Waals surface area (Å²) in [5.41, 5.74) is 0.346. The fourth-order valence-corrected chi connectivity index (χ4v) is 9.63. The maximum Gasteiger partial charge on any atom is 0.433 e. The Morgan fingerprint density at radius 1 is 0.971 bits per heavy atom. The van der Waals surface area contributed by atoms with Crippen molar-refractivity contribution in [3.8, 4) is 0 Å². The monoisotopic (exact) mass is 477 g/mol. The highest BCUT2D eigenvalue weighted by molar-refractivity contribution is 5.17. The molecule has 2 nitrogen and oxygen atoms in total. The lowest BCUT2D eigenvalue weighted by molar-refractivity contribution is -0.147. The fraction of sp³-hybridized carbons (Fsp3) is 0.828. The maximum atomic E-state index is 12.9. The third-order valence-electron chi connectivity index (χ3n) is 11.4. The molecule has 1 aromatic heterocycles. The van der Waals surface area contributed by atoms with Crippen LogP contribution < -0.4 is 0 Å². The number of hydrogen-bond donors (Lipinski definition) is 1. The predicted molar refractivity (Wildman–Crippen MR) is 128 cm³/mol. The minimum absolute atomic E-state index is 0.337. The Morgan fingerprint density at radius 3 is 2.38 bits per heavy atom. The van der Waals surface area contributed by atoms with Crippen LogP contribution in [0.15, 0.2) is 18.3 Å². The standard InChI is InChI=1S/C29H42F3NO/c1-18(15-19-5-10-25(33-17-19)29(30,31)32)22-8-9-23-21-7-6-20-16-26(2,34)13-14-27(20,3)24(21)11-12-28(22,23)4/h5,10,17-18,20-24,34H,6-9,11-16H2,1-4H3/t18-,20+,21-,22+,23-,24-,26+,27-,28+/m0/s1. The van der Waals surface area contributed by atoms with E-state index in [0.717, 1.165) is 55.1 Å². The van der Waals surface area contributed by atoms with Crippen LogP contribution >= 0.6 is 0 Å². The first kappa shape index (κ1) is 24.6. The molecule has 0 amide bonds. The Kier molecular flexibility index (Phi) is 5.94. The molecule has 0 spiro atoms. The first-order valence-electron chi connectivity index (χ1n) is 13.6. The SMILES string of the molecule is C[C@@H](Cc1ccc(C(F)(F)F)nc1)[C@H]1CC[C@H]2[C@@H]3CC[C@@H]4C[C@](C)(O)CC[C@]4(C)[C@H]3CC[C@]12C. The summed E-state index contributed by atoms with van der Waals surface area (Å²) < 4.78 is 38.7. The lowest BCUT2D eigenvalue weighted by Crippen LogP contribution is -2.55. The summed E-state index contributed by atoms with van der Waals surface area (Å²) in [5.74, 6) is 4.08. The molecule has 34 heavy (non-hydrogen) atoms. The summed E-state index contributed by atoms with van der Waals surface area (Å²) in [4.78, 5) is 3.70. The average molecular weight is 478 g/mol. The van der Waals surface area contributed by atoms with Crippen LogP contribution in [0.5, 0.6) is 0 Å². The molecule has 4 saturated carbocycles. The van der Waals surface area contributed by atoms with Crippen LogP contribution in [-0.4, -0.2) is 15.7 Å². The molecule has 0 bridgehead atoms. The zero-order valence-corrected chi connectivity index (χ0v) is 21.3. The topological polar surface area (TPSA) is 33.1 Å². The van der Waals surface area contributed by atoms with Crippen LogP contribution in [0.1, 0.15) is 96.7 Å². The van der Waals surface area contributed by atoms with Crippen LogP contribution in [0, 0.1) is 46.3 Å². The van der Waals surface area contributed by atoms with Crippen molar-refractivity contribution in [2.45, 2.75) is 104 Å². The van der Waals surface area contributed by atoms with E-state index in [1.54, 1.807) is 6.07 Å².